The average molecular weight is 246 g/mol. The minimum Gasteiger partial charge on any atom is -0.0770 e. The van der Waals surface area contributed by atoms with Gasteiger partial charge in [0.05, 0.1) is 0 Å². The monoisotopic (exact) mass is 246 g/mol. The molecule has 0 bridgehead atoms. The molecule has 1 aliphatic carbocycles. The zero-order valence-electron chi connectivity index (χ0n) is 12.6. The van der Waals surface area contributed by atoms with Crippen LogP contribution in [-0.4, -0.2) is 0 Å². The van der Waals surface area contributed by atoms with E-state index >= 15 is 0 Å². The van der Waals surface area contributed by atoms with E-state index in [1.165, 1.54) is 63.4 Å². The standard InChI is InChI=1S/C18H30/c1-4-7-8-9-10-13-17-15-14-16(11-5-2)18(17)12-6-3/h13-15H,4-12H2,1-3H3/b17-13-. The van der Waals surface area contributed by atoms with E-state index in [9.17, 15) is 0 Å². The van der Waals surface area contributed by atoms with Crippen LogP contribution >= 0.6 is 0 Å². The first kappa shape index (κ1) is 15.3. The van der Waals surface area contributed by atoms with Gasteiger partial charge in [-0.3, -0.25) is 0 Å². The Morgan fingerprint density at radius 2 is 1.61 bits per heavy atom. The quantitative estimate of drug-likeness (QED) is 0.416. The lowest BCUT2D eigenvalue weighted by Gasteiger charge is -2.07. The Morgan fingerprint density at radius 1 is 0.833 bits per heavy atom. The van der Waals surface area contributed by atoms with Crippen molar-refractivity contribution in [2.75, 3.05) is 0 Å². The zero-order valence-corrected chi connectivity index (χ0v) is 12.6. The molecule has 0 heterocycles. The highest BCUT2D eigenvalue weighted by Gasteiger charge is 2.12. The van der Waals surface area contributed by atoms with Crippen LogP contribution in [0.2, 0.25) is 0 Å². The topological polar surface area (TPSA) is 0 Å². The second kappa shape index (κ2) is 9.19. The van der Waals surface area contributed by atoms with Gasteiger partial charge in [-0.25, -0.2) is 0 Å². The lowest BCUT2D eigenvalue weighted by atomic mass is 9.98. The minimum atomic E-state index is 1.25. The Hall–Kier alpha value is -0.780. The normalized spacial score (nSPS) is 17.2. The van der Waals surface area contributed by atoms with Gasteiger partial charge < -0.3 is 0 Å². The van der Waals surface area contributed by atoms with E-state index in [0.29, 0.717) is 0 Å². The van der Waals surface area contributed by atoms with Gasteiger partial charge >= 0.3 is 0 Å². The molecule has 0 saturated carbocycles. The molecule has 0 fully saturated rings. The van der Waals surface area contributed by atoms with Crippen molar-refractivity contribution in [3.8, 4) is 0 Å². The van der Waals surface area contributed by atoms with E-state index in [1.807, 2.05) is 0 Å². The van der Waals surface area contributed by atoms with Crippen LogP contribution in [0.3, 0.4) is 0 Å². The Morgan fingerprint density at radius 3 is 2.28 bits per heavy atom. The number of hydrogen-bond donors (Lipinski definition) is 0. The fourth-order valence-electron chi connectivity index (χ4n) is 2.66. The third-order valence-electron chi connectivity index (χ3n) is 3.64. The van der Waals surface area contributed by atoms with Crippen LogP contribution in [0.5, 0.6) is 0 Å². The van der Waals surface area contributed by atoms with Crippen LogP contribution in [0, 0.1) is 0 Å². The van der Waals surface area contributed by atoms with Crippen LogP contribution < -0.4 is 0 Å². The lowest BCUT2D eigenvalue weighted by Crippen LogP contribution is -1.88. The summed E-state index contributed by atoms with van der Waals surface area (Å²) in [6.07, 6.45) is 18.9. The summed E-state index contributed by atoms with van der Waals surface area (Å²) in [6.45, 7) is 6.84. The summed E-state index contributed by atoms with van der Waals surface area (Å²) >= 11 is 0. The first-order chi connectivity index (χ1) is 8.83. The minimum absolute atomic E-state index is 1.25. The molecule has 0 aromatic heterocycles. The second-order valence-corrected chi connectivity index (χ2v) is 5.35. The van der Waals surface area contributed by atoms with E-state index in [1.54, 1.807) is 11.1 Å². The molecular weight excluding hydrogens is 216 g/mol. The molecule has 0 spiro atoms. The average Bonchev–Trinajstić information content (AvgIpc) is 2.73. The summed E-state index contributed by atoms with van der Waals surface area (Å²) in [5.74, 6) is 0. The van der Waals surface area contributed by atoms with Gasteiger partial charge in [-0.05, 0) is 42.4 Å². The Bertz CT molecular complexity index is 315. The molecule has 1 aliphatic rings. The van der Waals surface area contributed by atoms with Gasteiger partial charge in [0.15, 0.2) is 0 Å². The van der Waals surface area contributed by atoms with E-state index in [2.05, 4.69) is 39.0 Å². The van der Waals surface area contributed by atoms with Crippen molar-refractivity contribution in [3.63, 3.8) is 0 Å². The fourth-order valence-corrected chi connectivity index (χ4v) is 2.66. The molecule has 0 N–H and O–H groups in total. The van der Waals surface area contributed by atoms with Crippen molar-refractivity contribution in [2.45, 2.75) is 78.6 Å². The predicted molar refractivity (Wildman–Crippen MR) is 82.8 cm³/mol. The van der Waals surface area contributed by atoms with Crippen LogP contribution in [0.1, 0.15) is 78.6 Å². The van der Waals surface area contributed by atoms with Gasteiger partial charge in [0.1, 0.15) is 0 Å². The smallest absolute Gasteiger partial charge is 0.0262 e. The van der Waals surface area contributed by atoms with E-state index in [0.717, 1.165) is 0 Å². The Balaban J connectivity index is 2.53. The number of rotatable bonds is 9. The first-order valence-electron chi connectivity index (χ1n) is 7.94. The van der Waals surface area contributed by atoms with Crippen molar-refractivity contribution in [1.29, 1.82) is 0 Å². The van der Waals surface area contributed by atoms with E-state index < -0.39 is 0 Å². The van der Waals surface area contributed by atoms with Crippen LogP contribution in [0.15, 0.2) is 34.9 Å². The summed E-state index contributed by atoms with van der Waals surface area (Å²) in [5, 5.41) is 0. The molecule has 0 aromatic rings. The highest BCUT2D eigenvalue weighted by Crippen LogP contribution is 2.31. The summed E-state index contributed by atoms with van der Waals surface area (Å²) in [4.78, 5) is 0. The largest absolute Gasteiger partial charge is 0.0770 e. The lowest BCUT2D eigenvalue weighted by molar-refractivity contribution is 0.673. The van der Waals surface area contributed by atoms with Crippen molar-refractivity contribution in [3.05, 3.63) is 34.9 Å². The van der Waals surface area contributed by atoms with Crippen molar-refractivity contribution < 1.29 is 0 Å². The molecule has 18 heavy (non-hydrogen) atoms. The molecule has 102 valence electrons. The summed E-state index contributed by atoms with van der Waals surface area (Å²) in [7, 11) is 0. The van der Waals surface area contributed by atoms with Gasteiger partial charge in [0, 0.05) is 0 Å². The van der Waals surface area contributed by atoms with Gasteiger partial charge in [0.25, 0.3) is 0 Å². The van der Waals surface area contributed by atoms with Crippen LogP contribution in [0.25, 0.3) is 0 Å². The van der Waals surface area contributed by atoms with Crippen molar-refractivity contribution in [2.24, 2.45) is 0 Å². The van der Waals surface area contributed by atoms with Crippen LogP contribution in [0.4, 0.5) is 0 Å². The van der Waals surface area contributed by atoms with E-state index in [-0.39, 0.29) is 0 Å². The number of unbranched alkanes of at least 4 members (excludes halogenated alkanes) is 4. The maximum absolute atomic E-state index is 2.47. The molecule has 0 saturated heterocycles. The van der Waals surface area contributed by atoms with Gasteiger partial charge in [-0.15, -0.1) is 0 Å². The summed E-state index contributed by atoms with van der Waals surface area (Å²) < 4.78 is 0. The number of allylic oxidation sites excluding steroid dienone is 6. The molecule has 0 heteroatoms. The molecule has 0 nitrogen and oxygen atoms in total. The molecule has 0 amide bonds. The van der Waals surface area contributed by atoms with Gasteiger partial charge in [-0.1, -0.05) is 71.1 Å². The SMILES string of the molecule is CCCCCC/C=C1/C=CC(CCC)=C1CCC. The first-order valence-corrected chi connectivity index (χ1v) is 7.94. The molecule has 0 radical (unpaired) electrons. The van der Waals surface area contributed by atoms with Crippen LogP contribution in [-0.2, 0) is 0 Å². The van der Waals surface area contributed by atoms with Gasteiger partial charge in [-0.2, -0.15) is 0 Å². The molecule has 1 rings (SSSR count). The highest BCUT2D eigenvalue weighted by atomic mass is 14.2. The molecule has 0 atom stereocenters. The van der Waals surface area contributed by atoms with E-state index in [4.69, 9.17) is 0 Å². The maximum Gasteiger partial charge on any atom is -0.0262 e. The molecule has 0 aromatic carbocycles. The fraction of sp³-hybridized carbons (Fsp3) is 0.667. The van der Waals surface area contributed by atoms with Crippen molar-refractivity contribution in [1.82, 2.24) is 0 Å². The Labute approximate surface area is 114 Å². The predicted octanol–water partition coefficient (Wildman–Crippen LogP) is 6.35. The Kier molecular flexibility index (Phi) is 7.80. The highest BCUT2D eigenvalue weighted by molar-refractivity contribution is 5.53. The summed E-state index contributed by atoms with van der Waals surface area (Å²) in [5.41, 5.74) is 4.76. The summed E-state index contributed by atoms with van der Waals surface area (Å²) in [6, 6.07) is 0. The zero-order chi connectivity index (χ0) is 13.2. The third-order valence-corrected chi connectivity index (χ3v) is 3.64. The maximum atomic E-state index is 2.47. The molecular formula is C18H30. The van der Waals surface area contributed by atoms with Gasteiger partial charge in [0.2, 0.25) is 0 Å². The molecule has 0 unspecified atom stereocenters. The number of hydrogen-bond acceptors (Lipinski definition) is 0. The third kappa shape index (κ3) is 4.84. The molecule has 0 aliphatic heterocycles. The van der Waals surface area contributed by atoms with Crippen molar-refractivity contribution >= 4 is 0 Å². The second-order valence-electron chi connectivity index (χ2n) is 5.35.